The molecule has 0 bridgehead atoms. The first kappa shape index (κ1) is 24.1. The van der Waals surface area contributed by atoms with Gasteiger partial charge in [0.2, 0.25) is 5.88 Å². The zero-order chi connectivity index (χ0) is 25.1. The predicted octanol–water partition coefficient (Wildman–Crippen LogP) is 3.08. The van der Waals surface area contributed by atoms with E-state index in [1.807, 2.05) is 41.8 Å². The number of nitrogens with two attached hydrogens (primary N) is 1. The van der Waals surface area contributed by atoms with Crippen LogP contribution >= 0.6 is 11.9 Å². The third-order valence-electron chi connectivity index (χ3n) is 5.68. The second-order valence-corrected chi connectivity index (χ2v) is 8.83. The Morgan fingerprint density at radius 1 is 1.11 bits per heavy atom. The fourth-order valence-corrected chi connectivity index (χ4v) is 4.58. The summed E-state index contributed by atoms with van der Waals surface area (Å²) in [6.45, 7) is 3.56. The van der Waals surface area contributed by atoms with Gasteiger partial charge in [0.1, 0.15) is 28.5 Å². The van der Waals surface area contributed by atoms with Crippen molar-refractivity contribution in [2.24, 2.45) is 5.73 Å². The Morgan fingerprint density at radius 2 is 1.86 bits per heavy atom. The highest BCUT2D eigenvalue weighted by Crippen LogP contribution is 2.38. The molecular weight excluding hydrogens is 482 g/mol. The van der Waals surface area contributed by atoms with Gasteiger partial charge in [-0.2, -0.15) is 0 Å². The Balaban J connectivity index is 1.62. The number of methoxy groups -OCH3 is 2. The summed E-state index contributed by atoms with van der Waals surface area (Å²) in [6.07, 6.45) is 1.66. The van der Waals surface area contributed by atoms with Crippen LogP contribution in [0.15, 0.2) is 42.6 Å². The molecule has 3 N–H and O–H groups in total. The molecule has 11 nitrogen and oxygen atoms in total. The molecule has 188 valence electrons. The number of anilines is 1. The number of pyridine rings is 1. The Morgan fingerprint density at radius 3 is 2.53 bits per heavy atom. The third-order valence-corrected chi connectivity index (χ3v) is 6.70. The second kappa shape index (κ2) is 10.2. The molecule has 1 aliphatic rings. The monoisotopic (exact) mass is 509 g/mol. The highest BCUT2D eigenvalue weighted by atomic mass is 32.2. The summed E-state index contributed by atoms with van der Waals surface area (Å²) in [4.78, 5) is 18.9. The van der Waals surface area contributed by atoms with E-state index in [9.17, 15) is 0 Å². The molecule has 0 saturated carbocycles. The molecular formula is C24H27N7O4S. The number of fused-ring (bicyclic) bond motifs is 1. The Kier molecular flexibility index (Phi) is 6.81. The first-order valence-electron chi connectivity index (χ1n) is 11.4. The third kappa shape index (κ3) is 4.62. The summed E-state index contributed by atoms with van der Waals surface area (Å²) in [5, 5.41) is 0. The van der Waals surface area contributed by atoms with Gasteiger partial charge in [-0.25, -0.2) is 19.9 Å². The van der Waals surface area contributed by atoms with Crippen molar-refractivity contribution in [2.75, 3.05) is 44.5 Å². The fourth-order valence-electron chi connectivity index (χ4n) is 3.71. The molecule has 0 amide bonds. The average Bonchev–Trinajstić information content (AvgIpc) is 3.60. The number of hydrogen-bond donors (Lipinski definition) is 2. The van der Waals surface area contributed by atoms with Gasteiger partial charge in [0.15, 0.2) is 22.9 Å². The van der Waals surface area contributed by atoms with Crippen molar-refractivity contribution in [3.8, 4) is 34.6 Å². The predicted molar refractivity (Wildman–Crippen MR) is 138 cm³/mol. The largest absolute Gasteiger partial charge is 0.494 e. The molecule has 4 heterocycles. The van der Waals surface area contributed by atoms with Crippen LogP contribution in [0.4, 0.5) is 5.82 Å². The van der Waals surface area contributed by atoms with Gasteiger partial charge >= 0.3 is 0 Å². The SMILES string of the molecule is CCOc1cccc(-c2nc3nc(NSCC4(CN)CO4)cnc3n2-c2c(OC)cccc2OC)n1. The van der Waals surface area contributed by atoms with Crippen molar-refractivity contribution in [1.82, 2.24) is 24.5 Å². The van der Waals surface area contributed by atoms with Crippen molar-refractivity contribution < 1.29 is 18.9 Å². The molecule has 0 radical (unpaired) electrons. The number of epoxide rings is 1. The molecule has 1 saturated heterocycles. The van der Waals surface area contributed by atoms with Crippen LogP contribution in [0.25, 0.3) is 28.5 Å². The van der Waals surface area contributed by atoms with Gasteiger partial charge in [0.05, 0.1) is 33.6 Å². The molecule has 4 aromatic rings. The van der Waals surface area contributed by atoms with E-state index >= 15 is 0 Å². The minimum absolute atomic E-state index is 0.248. The van der Waals surface area contributed by atoms with E-state index < -0.39 is 0 Å². The summed E-state index contributed by atoms with van der Waals surface area (Å²) in [7, 11) is 3.21. The lowest BCUT2D eigenvalue weighted by molar-refractivity contribution is 0.327. The van der Waals surface area contributed by atoms with Gasteiger partial charge < -0.3 is 29.4 Å². The van der Waals surface area contributed by atoms with Crippen LogP contribution < -0.4 is 24.7 Å². The summed E-state index contributed by atoms with van der Waals surface area (Å²) < 4.78 is 27.5. The summed E-state index contributed by atoms with van der Waals surface area (Å²) >= 11 is 1.47. The molecule has 0 aliphatic carbocycles. The van der Waals surface area contributed by atoms with E-state index in [0.29, 0.717) is 77.2 Å². The van der Waals surface area contributed by atoms with E-state index in [2.05, 4.69) is 9.71 Å². The van der Waals surface area contributed by atoms with Gasteiger partial charge in [0, 0.05) is 18.4 Å². The average molecular weight is 510 g/mol. The minimum atomic E-state index is -0.248. The topological polar surface area (TPSA) is 135 Å². The van der Waals surface area contributed by atoms with E-state index in [1.165, 1.54) is 11.9 Å². The van der Waals surface area contributed by atoms with Gasteiger partial charge in [-0.05, 0) is 37.1 Å². The molecule has 12 heteroatoms. The van der Waals surface area contributed by atoms with E-state index in [4.69, 9.17) is 39.6 Å². The Bertz CT molecular complexity index is 1350. The molecule has 36 heavy (non-hydrogen) atoms. The number of imidazole rings is 1. The standard InChI is InChI=1S/C24H27N7O4S/c1-4-34-19-10-5-7-15(27-19)22-29-21-23(31(22)20-16(32-2)8-6-9-17(20)33-3)26-11-18(28-21)30-36-14-24(12-25)13-35-24/h5-11H,4,12-14,25H2,1-3H3,(H,28,30). The number of benzene rings is 1. The Labute approximate surface area is 212 Å². The number of nitrogens with one attached hydrogen (secondary N) is 1. The number of aromatic nitrogens is 5. The lowest BCUT2D eigenvalue weighted by atomic mass is 10.2. The van der Waals surface area contributed by atoms with Crippen molar-refractivity contribution in [1.29, 1.82) is 0 Å². The smallest absolute Gasteiger partial charge is 0.213 e. The number of nitrogens with zero attached hydrogens (tertiary/aromatic N) is 5. The molecule has 1 aromatic carbocycles. The number of ether oxygens (including phenoxy) is 4. The van der Waals surface area contributed by atoms with Crippen LogP contribution in [-0.4, -0.2) is 69.8 Å². The maximum atomic E-state index is 5.79. The first-order valence-corrected chi connectivity index (χ1v) is 12.4. The number of hydrogen-bond acceptors (Lipinski definition) is 11. The second-order valence-electron chi connectivity index (χ2n) is 8.05. The van der Waals surface area contributed by atoms with Crippen LogP contribution in [0.3, 0.4) is 0 Å². The van der Waals surface area contributed by atoms with Gasteiger partial charge in [0.25, 0.3) is 0 Å². The quantitative estimate of drug-likeness (QED) is 0.228. The van der Waals surface area contributed by atoms with E-state index in [-0.39, 0.29) is 5.60 Å². The van der Waals surface area contributed by atoms with Gasteiger partial charge in [-0.15, -0.1) is 0 Å². The van der Waals surface area contributed by atoms with Crippen LogP contribution in [0, 0.1) is 0 Å². The number of rotatable bonds is 11. The molecule has 1 unspecified atom stereocenters. The van der Waals surface area contributed by atoms with Crippen LogP contribution in [0.1, 0.15) is 6.92 Å². The maximum absolute atomic E-state index is 5.79. The highest BCUT2D eigenvalue weighted by Gasteiger charge is 2.43. The zero-order valence-corrected chi connectivity index (χ0v) is 21.0. The summed E-state index contributed by atoms with van der Waals surface area (Å²) in [5.74, 6) is 3.47. The van der Waals surface area contributed by atoms with E-state index in [1.54, 1.807) is 26.5 Å². The van der Waals surface area contributed by atoms with Gasteiger partial charge in [-0.1, -0.05) is 12.1 Å². The van der Waals surface area contributed by atoms with Crippen molar-refractivity contribution >= 4 is 29.1 Å². The molecule has 1 atom stereocenters. The molecule has 1 fully saturated rings. The normalized spacial score (nSPS) is 16.7. The fraction of sp³-hybridized carbons (Fsp3) is 0.333. The zero-order valence-electron chi connectivity index (χ0n) is 20.2. The number of para-hydroxylation sites is 1. The van der Waals surface area contributed by atoms with Crippen LogP contribution in [0.5, 0.6) is 17.4 Å². The van der Waals surface area contributed by atoms with Crippen molar-refractivity contribution in [3.05, 3.63) is 42.6 Å². The summed E-state index contributed by atoms with van der Waals surface area (Å²) in [5.41, 5.74) is 7.73. The van der Waals surface area contributed by atoms with E-state index in [0.717, 1.165) is 0 Å². The summed E-state index contributed by atoms with van der Waals surface area (Å²) in [6, 6.07) is 11.1. The lowest BCUT2D eigenvalue weighted by Gasteiger charge is -2.16. The maximum Gasteiger partial charge on any atom is 0.213 e. The minimum Gasteiger partial charge on any atom is -0.494 e. The molecule has 5 rings (SSSR count). The van der Waals surface area contributed by atoms with Crippen LogP contribution in [-0.2, 0) is 4.74 Å². The molecule has 3 aromatic heterocycles. The highest BCUT2D eigenvalue weighted by molar-refractivity contribution is 8.00. The van der Waals surface area contributed by atoms with Crippen LogP contribution in [0.2, 0.25) is 0 Å². The molecule has 0 spiro atoms. The first-order chi connectivity index (χ1) is 17.6. The molecule has 1 aliphatic heterocycles. The lowest BCUT2D eigenvalue weighted by Crippen LogP contribution is -2.27. The van der Waals surface area contributed by atoms with Crippen molar-refractivity contribution in [3.63, 3.8) is 0 Å². The Hall–Kier alpha value is -3.61. The van der Waals surface area contributed by atoms with Crippen molar-refractivity contribution in [2.45, 2.75) is 12.5 Å². The van der Waals surface area contributed by atoms with Gasteiger partial charge in [-0.3, -0.25) is 4.57 Å².